The zero-order valence-corrected chi connectivity index (χ0v) is 49.3. The number of aliphatic carboxylic acids is 1. The van der Waals surface area contributed by atoms with Gasteiger partial charge in [-0.2, -0.15) is 25.3 Å². The molecule has 82 heavy (non-hydrogen) atoms. The number of hydrogen-bond acceptors (Lipinski definition) is 19. The van der Waals surface area contributed by atoms with Gasteiger partial charge in [-0.05, 0) is 90.5 Å². The van der Waals surface area contributed by atoms with Crippen molar-refractivity contribution in [3.63, 3.8) is 0 Å². The lowest BCUT2D eigenvalue weighted by Gasteiger charge is -2.32. The van der Waals surface area contributed by atoms with Crippen LogP contribution in [0.15, 0.2) is 0 Å². The Morgan fingerprint density at radius 2 is 1.09 bits per heavy atom. The molecule has 1 aliphatic rings. The van der Waals surface area contributed by atoms with Crippen LogP contribution in [-0.2, 0) is 57.5 Å². The van der Waals surface area contributed by atoms with Gasteiger partial charge in [0.25, 0.3) is 0 Å². The standard InChI is InChI=1S/C49H88N16O15S2/c1-23(2)18-30(59-39(70)25(5)51)41(72)60-31(21-81)42(73)64-38(27(7)67)46(77)58-28(13-10-16-54-49(52)53)40(71)62-36(24(3)4)47(78)65-17-11-14-33(65)44(75)61-32(22-82)43(74)63-37(26(6)66)45(76)56-19-34(68)55-20-35(69)57-29(48(79)80)12-8-9-15-50/h23-33,36-38,66-67,81-82H,8-22,50-51H2,1-7H3,(H,55,68)(H,56,76)(H,57,69)(H,58,77)(H,59,70)(H,60,72)(H,61,75)(H,62,71)(H,63,74)(H,64,73)(H,79,80)(H4,52,53,54)/t25-,26+,27+,28-,29-,30-,31-,32-,33-,36-,37-,38-/m0/s1. The van der Waals surface area contributed by atoms with E-state index in [2.05, 4.69) is 83.7 Å². The zero-order chi connectivity index (χ0) is 62.6. The third kappa shape index (κ3) is 26.1. The smallest absolute Gasteiger partial charge is 0.326 e. The molecular formula is C49H88N16O15S2. The number of thiol groups is 2. The van der Waals surface area contributed by atoms with E-state index in [4.69, 9.17) is 22.6 Å². The molecule has 0 bridgehead atoms. The lowest BCUT2D eigenvalue weighted by molar-refractivity contribution is -0.143. The summed E-state index contributed by atoms with van der Waals surface area (Å²) in [4.78, 5) is 160. The lowest BCUT2D eigenvalue weighted by atomic mass is 10.0. The lowest BCUT2D eigenvalue weighted by Crippen LogP contribution is -2.62. The van der Waals surface area contributed by atoms with Crippen LogP contribution in [0.25, 0.3) is 0 Å². The van der Waals surface area contributed by atoms with Crippen LogP contribution in [0.5, 0.6) is 0 Å². The molecule has 1 rings (SSSR count). The summed E-state index contributed by atoms with van der Waals surface area (Å²) < 4.78 is 0. The van der Waals surface area contributed by atoms with Crippen LogP contribution in [0.3, 0.4) is 0 Å². The van der Waals surface area contributed by atoms with Gasteiger partial charge in [0.2, 0.25) is 65.0 Å². The van der Waals surface area contributed by atoms with Gasteiger partial charge >= 0.3 is 5.97 Å². The van der Waals surface area contributed by atoms with E-state index in [1.165, 1.54) is 25.7 Å². The largest absolute Gasteiger partial charge is 0.480 e. The minimum absolute atomic E-state index is 0.0364. The van der Waals surface area contributed by atoms with Crippen molar-refractivity contribution in [2.24, 2.45) is 29.0 Å². The van der Waals surface area contributed by atoms with Crippen molar-refractivity contribution in [3.8, 4) is 0 Å². The van der Waals surface area contributed by atoms with Gasteiger partial charge in [0.15, 0.2) is 5.96 Å². The number of nitrogens with one attached hydrogen (secondary N) is 12. The minimum Gasteiger partial charge on any atom is -0.480 e. The Morgan fingerprint density at radius 1 is 0.585 bits per heavy atom. The average molecular weight is 1210 g/mol. The first kappa shape index (κ1) is 73.5. The Kier molecular flexibility index (Phi) is 33.6. The second kappa shape index (κ2) is 37.5. The summed E-state index contributed by atoms with van der Waals surface area (Å²) in [6, 6.07) is -13.4. The monoisotopic (exact) mass is 1200 g/mol. The number of nitrogens with two attached hydrogens (primary N) is 3. The quantitative estimate of drug-likeness (QED) is 0.0119. The fourth-order valence-electron chi connectivity index (χ4n) is 8.08. The number of carbonyl (C=O) groups is 12. The molecule has 21 N–H and O–H groups in total. The van der Waals surface area contributed by atoms with Gasteiger partial charge in [0.05, 0.1) is 31.3 Å². The minimum atomic E-state index is -1.72. The van der Waals surface area contributed by atoms with Crippen molar-refractivity contribution < 1.29 is 72.9 Å². The zero-order valence-electron chi connectivity index (χ0n) is 47.5. The third-order valence-corrected chi connectivity index (χ3v) is 13.4. The molecule has 0 aliphatic carbocycles. The van der Waals surface area contributed by atoms with E-state index in [0.29, 0.717) is 25.8 Å². The number of hydrogen-bond donors (Lipinski definition) is 20. The topological polar surface area (TPSA) is 503 Å². The molecule has 0 aromatic rings. The predicted octanol–water partition coefficient (Wildman–Crippen LogP) is -6.76. The highest BCUT2D eigenvalue weighted by Crippen LogP contribution is 2.21. The number of guanidine groups is 1. The SMILES string of the molecule is CC(C)C[C@H](NC(=O)[C@H](C)N)C(=O)N[C@@H](CS)C(=O)N[C@H](C(=O)N[C@@H](CCCNC(=N)N)C(=O)N[C@H](C(=O)N1CCC[C@H]1C(=O)N[C@@H](CS)C(=O)N[C@H](C(=O)NCC(=O)NCC(=O)N[C@@H](CCCCN)C(=O)O)[C@@H](C)O)C(C)C)[C@@H](C)O. The van der Waals surface area contributed by atoms with Crippen LogP contribution in [0.2, 0.25) is 0 Å². The summed E-state index contributed by atoms with van der Waals surface area (Å²) in [6.45, 7) is 9.70. The first-order chi connectivity index (χ1) is 38.4. The van der Waals surface area contributed by atoms with Crippen LogP contribution in [0.1, 0.15) is 99.8 Å². The average Bonchev–Trinajstić information content (AvgIpc) is 3.92. The number of amides is 11. The number of carbonyl (C=O) groups excluding carboxylic acids is 11. The van der Waals surface area contributed by atoms with Gasteiger partial charge in [-0.25, -0.2) is 4.79 Å². The maximum Gasteiger partial charge on any atom is 0.326 e. The first-order valence-electron chi connectivity index (χ1n) is 27.0. The highest BCUT2D eigenvalue weighted by molar-refractivity contribution is 7.80. The van der Waals surface area contributed by atoms with E-state index in [0.717, 1.165) is 0 Å². The van der Waals surface area contributed by atoms with Crippen molar-refractivity contribution in [1.82, 2.24) is 63.4 Å². The number of carboxylic acid groups (broad SMARTS) is 1. The highest BCUT2D eigenvalue weighted by atomic mass is 32.1. The van der Waals surface area contributed by atoms with Crippen LogP contribution in [0, 0.1) is 17.2 Å². The molecule has 1 saturated heterocycles. The maximum atomic E-state index is 14.4. The number of aliphatic hydroxyl groups is 2. The second-order valence-electron chi connectivity index (χ2n) is 20.6. The Bertz CT molecular complexity index is 2210. The molecule has 0 unspecified atom stereocenters. The van der Waals surface area contributed by atoms with Crippen molar-refractivity contribution >= 4 is 102 Å². The van der Waals surface area contributed by atoms with E-state index in [1.54, 1.807) is 13.8 Å². The van der Waals surface area contributed by atoms with Crippen LogP contribution in [0.4, 0.5) is 0 Å². The summed E-state index contributed by atoms with van der Waals surface area (Å²) >= 11 is 8.38. The van der Waals surface area contributed by atoms with Crippen molar-refractivity contribution in [1.29, 1.82) is 5.41 Å². The number of likely N-dealkylation sites (tertiary alicyclic amines) is 1. The predicted molar refractivity (Wildman–Crippen MR) is 305 cm³/mol. The molecule has 1 aliphatic heterocycles. The molecule has 33 heteroatoms. The normalized spacial score (nSPS) is 17.1. The number of nitrogens with zero attached hydrogens (tertiary/aromatic N) is 1. The number of carboxylic acids is 1. The second-order valence-corrected chi connectivity index (χ2v) is 21.4. The van der Waals surface area contributed by atoms with Gasteiger partial charge in [-0.15, -0.1) is 0 Å². The fraction of sp³-hybridized carbons (Fsp3) is 0.735. The van der Waals surface area contributed by atoms with E-state index < -0.39 is 163 Å². The summed E-state index contributed by atoms with van der Waals surface area (Å²) in [5, 5.41) is 64.8. The Morgan fingerprint density at radius 3 is 1.60 bits per heavy atom. The van der Waals surface area contributed by atoms with Gasteiger partial charge in [0.1, 0.15) is 54.4 Å². The molecule has 11 amide bonds. The molecule has 31 nitrogen and oxygen atoms in total. The Labute approximate surface area is 487 Å². The third-order valence-electron chi connectivity index (χ3n) is 12.6. The van der Waals surface area contributed by atoms with Crippen LogP contribution < -0.4 is 75.7 Å². The molecule has 0 aromatic heterocycles. The highest BCUT2D eigenvalue weighted by Gasteiger charge is 2.41. The first-order valence-corrected chi connectivity index (χ1v) is 28.3. The van der Waals surface area contributed by atoms with E-state index in [1.807, 2.05) is 13.8 Å². The van der Waals surface area contributed by atoms with Gasteiger partial charge in [0, 0.05) is 24.6 Å². The summed E-state index contributed by atoms with van der Waals surface area (Å²) in [6.07, 6.45) is -1.47. The molecule has 466 valence electrons. The summed E-state index contributed by atoms with van der Waals surface area (Å²) in [5.41, 5.74) is 16.5. The summed E-state index contributed by atoms with van der Waals surface area (Å²) in [7, 11) is 0. The van der Waals surface area contributed by atoms with Crippen molar-refractivity contribution in [3.05, 3.63) is 0 Å². The molecule has 1 fully saturated rings. The van der Waals surface area contributed by atoms with Gasteiger partial charge < -0.3 is 95.9 Å². The van der Waals surface area contributed by atoms with E-state index in [9.17, 15) is 72.9 Å². The number of rotatable bonds is 37. The van der Waals surface area contributed by atoms with E-state index >= 15 is 0 Å². The number of aliphatic hydroxyl groups excluding tert-OH is 2. The summed E-state index contributed by atoms with van der Waals surface area (Å²) in [5.74, 6) is -12.5. The Hall–Kier alpha value is -6.55. The molecule has 0 aromatic carbocycles. The molecular weight excluding hydrogens is 1120 g/mol. The Balaban J connectivity index is 3.21. The van der Waals surface area contributed by atoms with Crippen molar-refractivity contribution in [2.75, 3.05) is 44.2 Å². The van der Waals surface area contributed by atoms with Gasteiger partial charge in [-0.1, -0.05) is 27.7 Å². The number of unbranched alkanes of at least 4 members (excludes halogenated alkanes) is 1. The molecule has 1 heterocycles. The molecule has 0 saturated carbocycles. The molecule has 0 radical (unpaired) electrons. The van der Waals surface area contributed by atoms with Crippen LogP contribution in [-0.4, -0.2) is 214 Å². The van der Waals surface area contributed by atoms with Gasteiger partial charge in [-0.3, -0.25) is 58.1 Å². The van der Waals surface area contributed by atoms with Crippen molar-refractivity contribution in [2.45, 2.75) is 172 Å². The molecule has 12 atom stereocenters. The fourth-order valence-corrected chi connectivity index (χ4v) is 8.59. The van der Waals surface area contributed by atoms with Crippen LogP contribution >= 0.6 is 25.3 Å². The maximum absolute atomic E-state index is 14.4. The molecule has 0 spiro atoms. The van der Waals surface area contributed by atoms with E-state index in [-0.39, 0.29) is 68.6 Å².